The molecule has 2 rings (SSSR count). The maximum Gasteiger partial charge on any atom is 0.0270 e. The van der Waals surface area contributed by atoms with Crippen LogP contribution >= 0.6 is 0 Å². The molecule has 0 spiro atoms. The quantitative estimate of drug-likeness (QED) is 0.862. The van der Waals surface area contributed by atoms with Crippen LogP contribution in [0.15, 0.2) is 24.5 Å². The summed E-state index contributed by atoms with van der Waals surface area (Å²) in [6.45, 7) is 9.28. The van der Waals surface area contributed by atoms with Gasteiger partial charge in [-0.2, -0.15) is 0 Å². The minimum atomic E-state index is 0.715. The van der Waals surface area contributed by atoms with Gasteiger partial charge in [0, 0.05) is 31.5 Å². The number of hydrogen-bond donors (Lipinski definition) is 1. The van der Waals surface area contributed by atoms with Crippen LogP contribution in [0.2, 0.25) is 0 Å². The third-order valence-corrected chi connectivity index (χ3v) is 3.92. The van der Waals surface area contributed by atoms with Crippen LogP contribution in [0.4, 0.5) is 0 Å². The minimum absolute atomic E-state index is 0.715. The van der Waals surface area contributed by atoms with E-state index in [4.69, 9.17) is 0 Å². The highest BCUT2D eigenvalue weighted by atomic mass is 15.1. The van der Waals surface area contributed by atoms with Crippen LogP contribution in [0, 0.1) is 5.92 Å². The van der Waals surface area contributed by atoms with Gasteiger partial charge in [0.1, 0.15) is 0 Å². The molecule has 1 aliphatic heterocycles. The fraction of sp³-hybridized carbons (Fsp3) is 0.667. The monoisotopic (exact) mass is 247 g/mol. The van der Waals surface area contributed by atoms with Gasteiger partial charge in [0.05, 0.1) is 0 Å². The lowest BCUT2D eigenvalue weighted by Gasteiger charge is -2.37. The van der Waals surface area contributed by atoms with Gasteiger partial charge in [0.25, 0.3) is 0 Å². The van der Waals surface area contributed by atoms with Crippen molar-refractivity contribution >= 4 is 0 Å². The Labute approximate surface area is 111 Å². The van der Waals surface area contributed by atoms with E-state index in [9.17, 15) is 0 Å². The van der Waals surface area contributed by atoms with E-state index in [1.807, 2.05) is 12.4 Å². The first-order chi connectivity index (χ1) is 8.79. The molecule has 2 heterocycles. The van der Waals surface area contributed by atoms with Gasteiger partial charge in [-0.25, -0.2) is 0 Å². The average molecular weight is 247 g/mol. The van der Waals surface area contributed by atoms with Crippen molar-refractivity contribution < 1.29 is 0 Å². The topological polar surface area (TPSA) is 28.2 Å². The minimum Gasteiger partial charge on any atom is -0.314 e. The molecule has 0 saturated carbocycles. The van der Waals surface area contributed by atoms with Crippen molar-refractivity contribution in [1.29, 1.82) is 0 Å². The number of nitrogens with zero attached hydrogens (tertiary/aromatic N) is 2. The number of hydrogen-bond acceptors (Lipinski definition) is 3. The Balaban J connectivity index is 1.75. The fourth-order valence-electron chi connectivity index (χ4n) is 2.84. The molecule has 2 unspecified atom stereocenters. The van der Waals surface area contributed by atoms with Gasteiger partial charge in [-0.1, -0.05) is 13.8 Å². The van der Waals surface area contributed by atoms with E-state index in [2.05, 4.69) is 41.2 Å². The summed E-state index contributed by atoms with van der Waals surface area (Å²) in [5.41, 5.74) is 1.39. The lowest BCUT2D eigenvalue weighted by atomic mass is 9.93. The lowest BCUT2D eigenvalue weighted by Crippen LogP contribution is -2.48. The van der Waals surface area contributed by atoms with Crippen LogP contribution in [-0.2, 0) is 6.42 Å². The Bertz CT molecular complexity index is 339. The molecule has 0 bridgehead atoms. The van der Waals surface area contributed by atoms with Crippen LogP contribution in [-0.4, -0.2) is 42.1 Å². The SMILES string of the molecule is CCNC1CCN(CCc2ccncc2)CC1C. The molecule has 0 aliphatic carbocycles. The second-order valence-corrected chi connectivity index (χ2v) is 5.34. The van der Waals surface area contributed by atoms with Crippen LogP contribution < -0.4 is 5.32 Å². The molecule has 0 radical (unpaired) electrons. The summed E-state index contributed by atoms with van der Waals surface area (Å²) < 4.78 is 0. The van der Waals surface area contributed by atoms with Crippen LogP contribution in [0.3, 0.4) is 0 Å². The molecule has 0 aromatic carbocycles. The number of pyridine rings is 1. The molecule has 1 aromatic rings. The van der Waals surface area contributed by atoms with E-state index in [0.717, 1.165) is 18.9 Å². The third-order valence-electron chi connectivity index (χ3n) is 3.92. The smallest absolute Gasteiger partial charge is 0.0270 e. The Morgan fingerprint density at radius 1 is 1.39 bits per heavy atom. The van der Waals surface area contributed by atoms with Crippen molar-refractivity contribution in [2.45, 2.75) is 32.7 Å². The van der Waals surface area contributed by atoms with E-state index < -0.39 is 0 Å². The summed E-state index contributed by atoms with van der Waals surface area (Å²) in [6.07, 6.45) is 6.19. The zero-order valence-electron chi connectivity index (χ0n) is 11.6. The van der Waals surface area contributed by atoms with Gasteiger partial charge in [-0.05, 0) is 49.5 Å². The molecular formula is C15H25N3. The van der Waals surface area contributed by atoms with Gasteiger partial charge in [0.2, 0.25) is 0 Å². The average Bonchev–Trinajstić information content (AvgIpc) is 2.41. The highest BCUT2D eigenvalue weighted by molar-refractivity contribution is 5.10. The summed E-state index contributed by atoms with van der Waals surface area (Å²) in [6, 6.07) is 4.95. The Morgan fingerprint density at radius 3 is 2.83 bits per heavy atom. The van der Waals surface area contributed by atoms with Gasteiger partial charge in [-0.15, -0.1) is 0 Å². The fourth-order valence-corrected chi connectivity index (χ4v) is 2.84. The molecule has 18 heavy (non-hydrogen) atoms. The van der Waals surface area contributed by atoms with E-state index >= 15 is 0 Å². The first-order valence-electron chi connectivity index (χ1n) is 7.14. The Morgan fingerprint density at radius 2 is 2.17 bits per heavy atom. The zero-order valence-corrected chi connectivity index (χ0v) is 11.6. The zero-order chi connectivity index (χ0) is 12.8. The Kier molecular flexibility index (Phi) is 5.14. The molecule has 3 nitrogen and oxygen atoms in total. The third kappa shape index (κ3) is 3.79. The summed E-state index contributed by atoms with van der Waals surface area (Å²) in [4.78, 5) is 6.66. The second kappa shape index (κ2) is 6.86. The molecule has 2 atom stereocenters. The van der Waals surface area contributed by atoms with Gasteiger partial charge in [-0.3, -0.25) is 4.98 Å². The predicted octanol–water partition coefficient (Wildman–Crippen LogP) is 1.94. The van der Waals surface area contributed by atoms with Crippen molar-refractivity contribution in [1.82, 2.24) is 15.2 Å². The standard InChI is InChI=1S/C15H25N3/c1-3-17-15-7-11-18(12-13(15)2)10-6-14-4-8-16-9-5-14/h4-5,8-9,13,15,17H,3,6-7,10-12H2,1-2H3. The molecule has 1 saturated heterocycles. The molecule has 0 amide bonds. The summed E-state index contributed by atoms with van der Waals surface area (Å²) in [5, 5.41) is 3.59. The van der Waals surface area contributed by atoms with Crippen LogP contribution in [0.1, 0.15) is 25.8 Å². The lowest BCUT2D eigenvalue weighted by molar-refractivity contribution is 0.150. The van der Waals surface area contributed by atoms with Crippen molar-refractivity contribution in [2.75, 3.05) is 26.2 Å². The van der Waals surface area contributed by atoms with Crippen molar-refractivity contribution in [3.8, 4) is 0 Å². The summed E-state index contributed by atoms with van der Waals surface area (Å²) in [5.74, 6) is 0.760. The predicted molar refractivity (Wildman–Crippen MR) is 75.6 cm³/mol. The second-order valence-electron chi connectivity index (χ2n) is 5.34. The van der Waals surface area contributed by atoms with Crippen LogP contribution in [0.25, 0.3) is 0 Å². The molecule has 3 heteroatoms. The van der Waals surface area contributed by atoms with E-state index in [0.29, 0.717) is 6.04 Å². The summed E-state index contributed by atoms with van der Waals surface area (Å²) >= 11 is 0. The molecule has 1 aromatic heterocycles. The van der Waals surface area contributed by atoms with Gasteiger partial charge >= 0.3 is 0 Å². The first kappa shape index (κ1) is 13.5. The van der Waals surface area contributed by atoms with E-state index in [1.165, 1.54) is 31.6 Å². The number of likely N-dealkylation sites (tertiary alicyclic amines) is 1. The Hall–Kier alpha value is -0.930. The van der Waals surface area contributed by atoms with Crippen molar-refractivity contribution in [3.63, 3.8) is 0 Å². The molecular weight excluding hydrogens is 222 g/mol. The highest BCUT2D eigenvalue weighted by Crippen LogP contribution is 2.17. The maximum atomic E-state index is 4.06. The molecule has 1 fully saturated rings. The van der Waals surface area contributed by atoms with Gasteiger partial charge < -0.3 is 10.2 Å². The number of nitrogens with one attached hydrogen (secondary N) is 1. The molecule has 1 N–H and O–H groups in total. The number of aromatic nitrogens is 1. The molecule has 100 valence electrons. The largest absolute Gasteiger partial charge is 0.314 e. The normalized spacial score (nSPS) is 25.2. The van der Waals surface area contributed by atoms with Gasteiger partial charge in [0.15, 0.2) is 0 Å². The van der Waals surface area contributed by atoms with Crippen molar-refractivity contribution in [2.24, 2.45) is 5.92 Å². The van der Waals surface area contributed by atoms with E-state index in [1.54, 1.807) is 0 Å². The van der Waals surface area contributed by atoms with Crippen molar-refractivity contribution in [3.05, 3.63) is 30.1 Å². The number of rotatable bonds is 5. The molecule has 1 aliphatic rings. The summed E-state index contributed by atoms with van der Waals surface area (Å²) in [7, 11) is 0. The van der Waals surface area contributed by atoms with E-state index in [-0.39, 0.29) is 0 Å². The first-order valence-corrected chi connectivity index (χ1v) is 7.14. The highest BCUT2D eigenvalue weighted by Gasteiger charge is 2.24. The maximum absolute atomic E-state index is 4.06. The van der Waals surface area contributed by atoms with Crippen LogP contribution in [0.5, 0.6) is 0 Å². The number of piperidine rings is 1.